The van der Waals surface area contributed by atoms with Crippen LogP contribution in [-0.4, -0.2) is 17.1 Å². The number of carbonyl (C=O) groups is 1. The van der Waals surface area contributed by atoms with Crippen molar-refractivity contribution in [2.45, 2.75) is 20.4 Å². The van der Waals surface area contributed by atoms with Gasteiger partial charge in [-0.1, -0.05) is 26.0 Å². The van der Waals surface area contributed by atoms with E-state index in [9.17, 15) is 14.3 Å². The molecule has 4 nitrogen and oxygen atoms in total. The number of aromatic carboxylic acids is 1. The van der Waals surface area contributed by atoms with Gasteiger partial charge in [0, 0.05) is 28.2 Å². The fourth-order valence-corrected chi connectivity index (χ4v) is 2.79. The Bertz CT molecular complexity index is 921. The largest absolute Gasteiger partial charge is 1.00 e. The summed E-state index contributed by atoms with van der Waals surface area (Å²) in [5.74, 6) is -0.558. The average molecular weight is 363 g/mol. The van der Waals surface area contributed by atoms with Crippen LogP contribution in [-0.2, 0) is 6.54 Å². The molecular weight excluding hydrogens is 344 g/mol. The number of fused-ring (bicyclic) bond motifs is 1. The number of nitrogens with zero attached hydrogens (tertiary/aromatic N) is 1. The Morgan fingerprint density at radius 2 is 2.00 bits per heavy atom. The third-order valence-electron chi connectivity index (χ3n) is 3.97. The van der Waals surface area contributed by atoms with Gasteiger partial charge in [-0.3, -0.25) is 0 Å². The molecule has 3 rings (SSSR count). The number of carbonyl (C=O) groups excluding carboxylic acids is 1. The van der Waals surface area contributed by atoms with Crippen molar-refractivity contribution in [3.05, 3.63) is 65.6 Å². The standard InChI is InChI=1S/C20H20FNO3.Na/c1-13(2)12-25-19-7-6-15(21)10-14(19)11-22-9-8-16-17(20(23)24)4-3-5-18(16)22;/h3-10,13H,11-12H2,1-2H3,(H,23,24);/q;+1/p-1. The molecule has 0 N–H and O–H groups in total. The van der Waals surface area contributed by atoms with E-state index in [0.29, 0.717) is 35.8 Å². The van der Waals surface area contributed by atoms with Gasteiger partial charge in [0.25, 0.3) is 0 Å². The quantitative estimate of drug-likeness (QED) is 0.590. The Balaban J connectivity index is 0.00000243. The minimum Gasteiger partial charge on any atom is -0.545 e. The summed E-state index contributed by atoms with van der Waals surface area (Å²) in [7, 11) is 0. The zero-order chi connectivity index (χ0) is 18.0. The zero-order valence-electron chi connectivity index (χ0n) is 15.2. The SMILES string of the molecule is CC(C)COc1ccc(F)cc1Cn1ccc2c(C(=O)[O-])cccc21.[Na+]. The van der Waals surface area contributed by atoms with E-state index >= 15 is 0 Å². The summed E-state index contributed by atoms with van der Waals surface area (Å²) in [6.07, 6.45) is 1.79. The number of hydrogen-bond donors (Lipinski definition) is 0. The molecule has 6 heteroatoms. The molecule has 1 aromatic heterocycles. The van der Waals surface area contributed by atoms with Crippen LogP contribution in [0.25, 0.3) is 10.9 Å². The van der Waals surface area contributed by atoms with Crippen LogP contribution in [0.5, 0.6) is 5.75 Å². The second-order valence-electron chi connectivity index (χ2n) is 6.43. The summed E-state index contributed by atoms with van der Waals surface area (Å²) in [4.78, 5) is 11.2. The molecule has 0 aliphatic rings. The number of carboxylic acid groups (broad SMARTS) is 1. The Kier molecular flexibility index (Phi) is 6.87. The number of aromatic nitrogens is 1. The number of hydrogen-bond acceptors (Lipinski definition) is 3. The van der Waals surface area contributed by atoms with Gasteiger partial charge < -0.3 is 19.2 Å². The van der Waals surface area contributed by atoms with Crippen LogP contribution in [0.15, 0.2) is 48.7 Å². The van der Waals surface area contributed by atoms with E-state index in [0.717, 1.165) is 5.52 Å². The second kappa shape index (κ2) is 8.71. The first kappa shape index (κ1) is 20.5. The molecule has 26 heavy (non-hydrogen) atoms. The Morgan fingerprint density at radius 3 is 2.69 bits per heavy atom. The normalized spacial score (nSPS) is 10.8. The molecule has 0 amide bonds. The summed E-state index contributed by atoms with van der Waals surface area (Å²) in [5, 5.41) is 11.8. The summed E-state index contributed by atoms with van der Waals surface area (Å²) >= 11 is 0. The molecular formula is C20H19FNNaO3. The minimum absolute atomic E-state index is 0. The Morgan fingerprint density at radius 1 is 1.23 bits per heavy atom. The van der Waals surface area contributed by atoms with E-state index in [2.05, 4.69) is 0 Å². The molecule has 0 saturated heterocycles. The molecule has 3 aromatic rings. The number of ether oxygens (including phenoxy) is 1. The van der Waals surface area contributed by atoms with Crippen LogP contribution in [0.3, 0.4) is 0 Å². The maximum absolute atomic E-state index is 13.7. The smallest absolute Gasteiger partial charge is 0.545 e. The molecule has 0 spiro atoms. The van der Waals surface area contributed by atoms with Crippen LogP contribution < -0.4 is 39.4 Å². The Hall–Kier alpha value is -1.82. The number of halogens is 1. The predicted molar refractivity (Wildman–Crippen MR) is 92.1 cm³/mol. The first-order chi connectivity index (χ1) is 12.0. The molecule has 2 aromatic carbocycles. The fourth-order valence-electron chi connectivity index (χ4n) is 2.79. The van der Waals surface area contributed by atoms with Crippen LogP contribution in [0, 0.1) is 11.7 Å². The second-order valence-corrected chi connectivity index (χ2v) is 6.43. The van der Waals surface area contributed by atoms with Crippen molar-refractivity contribution in [2.24, 2.45) is 5.92 Å². The maximum Gasteiger partial charge on any atom is 1.00 e. The summed E-state index contributed by atoms with van der Waals surface area (Å²) in [6.45, 7) is 5.01. The first-order valence-corrected chi connectivity index (χ1v) is 8.16. The van der Waals surface area contributed by atoms with Crippen molar-refractivity contribution in [1.82, 2.24) is 4.57 Å². The number of rotatable bonds is 6. The van der Waals surface area contributed by atoms with Crippen LogP contribution in [0.1, 0.15) is 29.8 Å². The molecule has 0 bridgehead atoms. The van der Waals surface area contributed by atoms with Crippen LogP contribution in [0.4, 0.5) is 4.39 Å². The zero-order valence-corrected chi connectivity index (χ0v) is 17.2. The first-order valence-electron chi connectivity index (χ1n) is 8.16. The molecule has 0 radical (unpaired) electrons. The van der Waals surface area contributed by atoms with E-state index in [1.54, 1.807) is 24.4 Å². The summed E-state index contributed by atoms with van der Waals surface area (Å²) < 4.78 is 21.4. The molecule has 0 fully saturated rings. The van der Waals surface area contributed by atoms with Crippen molar-refractivity contribution in [3.8, 4) is 5.75 Å². The summed E-state index contributed by atoms with van der Waals surface area (Å²) in [5.41, 5.74) is 1.60. The topological polar surface area (TPSA) is 54.3 Å². The van der Waals surface area contributed by atoms with E-state index < -0.39 is 5.97 Å². The van der Waals surface area contributed by atoms with Gasteiger partial charge in [-0.25, -0.2) is 4.39 Å². The van der Waals surface area contributed by atoms with Crippen molar-refractivity contribution >= 4 is 16.9 Å². The van der Waals surface area contributed by atoms with Gasteiger partial charge in [0.15, 0.2) is 0 Å². The monoisotopic (exact) mass is 363 g/mol. The van der Waals surface area contributed by atoms with Crippen molar-refractivity contribution in [1.29, 1.82) is 0 Å². The van der Waals surface area contributed by atoms with E-state index in [1.807, 2.05) is 24.5 Å². The van der Waals surface area contributed by atoms with Crippen molar-refractivity contribution in [2.75, 3.05) is 6.61 Å². The predicted octanol–water partition coefficient (Wildman–Crippen LogP) is 0.231. The van der Waals surface area contributed by atoms with Crippen LogP contribution >= 0.6 is 0 Å². The van der Waals surface area contributed by atoms with E-state index in [4.69, 9.17) is 4.74 Å². The van der Waals surface area contributed by atoms with Gasteiger partial charge in [-0.05, 0) is 36.2 Å². The third kappa shape index (κ3) is 4.47. The van der Waals surface area contributed by atoms with Gasteiger partial charge in [0.2, 0.25) is 0 Å². The van der Waals surface area contributed by atoms with Gasteiger partial charge in [-0.2, -0.15) is 0 Å². The Labute approximate surface area is 173 Å². The van der Waals surface area contributed by atoms with Gasteiger partial charge in [0.05, 0.1) is 19.1 Å². The van der Waals surface area contributed by atoms with Crippen LogP contribution in [0.2, 0.25) is 0 Å². The molecule has 0 saturated carbocycles. The molecule has 0 aliphatic heterocycles. The van der Waals surface area contributed by atoms with E-state index in [-0.39, 0.29) is 40.9 Å². The fraction of sp³-hybridized carbons (Fsp3) is 0.250. The maximum atomic E-state index is 13.7. The molecule has 130 valence electrons. The van der Waals surface area contributed by atoms with Crippen molar-refractivity contribution < 1.29 is 48.6 Å². The molecule has 1 heterocycles. The van der Waals surface area contributed by atoms with E-state index in [1.165, 1.54) is 18.2 Å². The van der Waals surface area contributed by atoms with Gasteiger partial charge in [0.1, 0.15) is 11.6 Å². The molecule has 0 aliphatic carbocycles. The van der Waals surface area contributed by atoms with Gasteiger partial charge >= 0.3 is 29.6 Å². The average Bonchev–Trinajstić information content (AvgIpc) is 2.97. The molecule has 0 atom stereocenters. The molecule has 0 unspecified atom stereocenters. The van der Waals surface area contributed by atoms with Crippen molar-refractivity contribution in [3.63, 3.8) is 0 Å². The minimum atomic E-state index is -1.21. The van der Waals surface area contributed by atoms with Gasteiger partial charge in [-0.15, -0.1) is 0 Å². The number of carboxylic acids is 1. The number of benzene rings is 2. The third-order valence-corrected chi connectivity index (χ3v) is 3.97. The summed E-state index contributed by atoms with van der Waals surface area (Å²) in [6, 6.07) is 11.2.